The summed E-state index contributed by atoms with van der Waals surface area (Å²) in [6.07, 6.45) is 37.4. The van der Waals surface area contributed by atoms with Gasteiger partial charge >= 0.3 is 19.8 Å². The molecule has 11 heteroatoms. The van der Waals surface area contributed by atoms with E-state index in [1.807, 2.05) is 0 Å². The van der Waals surface area contributed by atoms with Crippen LogP contribution in [0.25, 0.3) is 0 Å². The zero-order chi connectivity index (χ0) is 38.4. The number of hydrogen-bond acceptors (Lipinski definition) is 8. The number of unbranched alkanes of at least 4 members (excludes halogenated alkanes) is 28. The molecule has 0 amide bonds. The minimum atomic E-state index is -4.60. The van der Waals surface area contributed by atoms with Crippen LogP contribution in [0.5, 0.6) is 0 Å². The van der Waals surface area contributed by atoms with Crippen LogP contribution >= 0.6 is 7.82 Å². The number of carbonyl (C=O) groups excluding carboxylic acids is 1. The first-order valence-corrected chi connectivity index (χ1v) is 23.1. The van der Waals surface area contributed by atoms with Crippen LogP contribution in [0.2, 0.25) is 0 Å². The zero-order valence-electron chi connectivity index (χ0n) is 33.7. The summed E-state index contributed by atoms with van der Waals surface area (Å²) in [6.45, 7) is 3.89. The zero-order valence-corrected chi connectivity index (χ0v) is 34.6. The van der Waals surface area contributed by atoms with Crippen LogP contribution in [0, 0.1) is 0 Å². The number of carboxylic acids is 1. The van der Waals surface area contributed by atoms with E-state index >= 15 is 0 Å². The van der Waals surface area contributed by atoms with Gasteiger partial charge in [0, 0.05) is 13.0 Å². The van der Waals surface area contributed by atoms with Crippen LogP contribution in [-0.2, 0) is 32.7 Å². The lowest BCUT2D eigenvalue weighted by Gasteiger charge is -2.20. The molecule has 0 saturated carbocycles. The van der Waals surface area contributed by atoms with Gasteiger partial charge in [-0.15, -0.1) is 0 Å². The second-order valence-electron chi connectivity index (χ2n) is 14.8. The van der Waals surface area contributed by atoms with Gasteiger partial charge in [0.15, 0.2) is 0 Å². The third-order valence-corrected chi connectivity index (χ3v) is 10.6. The summed E-state index contributed by atoms with van der Waals surface area (Å²) in [7, 11) is -4.60. The van der Waals surface area contributed by atoms with Gasteiger partial charge in [-0.1, -0.05) is 194 Å². The summed E-state index contributed by atoms with van der Waals surface area (Å²) in [5.41, 5.74) is 5.34. The largest absolute Gasteiger partial charge is 0.480 e. The number of esters is 1. The molecule has 0 aromatic rings. The minimum Gasteiger partial charge on any atom is -0.480 e. The van der Waals surface area contributed by atoms with Gasteiger partial charge < -0.3 is 25.2 Å². The maximum Gasteiger partial charge on any atom is 0.472 e. The fourth-order valence-corrected chi connectivity index (χ4v) is 7.03. The lowest BCUT2D eigenvalue weighted by atomic mass is 10.0. The van der Waals surface area contributed by atoms with Crippen molar-refractivity contribution in [2.45, 2.75) is 225 Å². The SMILES string of the molecule is CCCCCCCCCCCCCCCCCCCCCCCOCC(COP(=O)(O)OCC(N)C(=O)O)OC(=O)CCCCCCCCCCC. The lowest BCUT2D eigenvalue weighted by Crippen LogP contribution is -2.34. The Morgan fingerprint density at radius 3 is 1.27 bits per heavy atom. The van der Waals surface area contributed by atoms with E-state index in [1.165, 1.54) is 154 Å². The Morgan fingerprint density at radius 2 is 0.885 bits per heavy atom. The van der Waals surface area contributed by atoms with E-state index in [2.05, 4.69) is 13.8 Å². The molecule has 0 aliphatic rings. The molecule has 0 spiro atoms. The molecule has 52 heavy (non-hydrogen) atoms. The van der Waals surface area contributed by atoms with E-state index in [0.717, 1.165) is 38.5 Å². The summed E-state index contributed by atoms with van der Waals surface area (Å²) in [5, 5.41) is 8.87. The molecule has 0 radical (unpaired) electrons. The topological polar surface area (TPSA) is 155 Å². The van der Waals surface area contributed by atoms with Crippen molar-refractivity contribution in [2.75, 3.05) is 26.4 Å². The smallest absolute Gasteiger partial charge is 0.472 e. The number of phosphoric acid groups is 1. The minimum absolute atomic E-state index is 0.0251. The molecule has 0 fully saturated rings. The number of carboxylic acid groups (broad SMARTS) is 1. The first-order chi connectivity index (χ1) is 25.2. The highest BCUT2D eigenvalue weighted by atomic mass is 31.2. The maximum absolute atomic E-state index is 12.5. The quantitative estimate of drug-likeness (QED) is 0.0311. The van der Waals surface area contributed by atoms with Crippen LogP contribution < -0.4 is 5.73 Å². The Hall–Kier alpha value is -1.03. The number of rotatable bonds is 42. The fourth-order valence-electron chi connectivity index (χ4n) is 6.25. The van der Waals surface area contributed by atoms with E-state index in [1.54, 1.807) is 0 Å². The summed E-state index contributed by atoms with van der Waals surface area (Å²) in [4.78, 5) is 33.4. The van der Waals surface area contributed by atoms with Gasteiger partial charge in [-0.25, -0.2) is 4.57 Å². The van der Waals surface area contributed by atoms with Crippen molar-refractivity contribution < 1.29 is 42.7 Å². The number of hydrogen-bond donors (Lipinski definition) is 3. The number of carbonyl (C=O) groups is 2. The molecule has 3 atom stereocenters. The average molecular weight is 764 g/mol. The van der Waals surface area contributed by atoms with Gasteiger partial charge in [0.05, 0.1) is 19.8 Å². The normalized spacial score (nSPS) is 13.9. The molecule has 0 bridgehead atoms. The highest BCUT2D eigenvalue weighted by Crippen LogP contribution is 2.43. The van der Waals surface area contributed by atoms with Crippen molar-refractivity contribution >= 4 is 19.8 Å². The van der Waals surface area contributed by atoms with Crippen LogP contribution in [0.15, 0.2) is 0 Å². The van der Waals surface area contributed by atoms with E-state index in [0.29, 0.717) is 6.61 Å². The summed E-state index contributed by atoms with van der Waals surface area (Å²) in [5.74, 6) is -1.77. The predicted molar refractivity (Wildman–Crippen MR) is 213 cm³/mol. The molecule has 0 aromatic heterocycles. The Kier molecular flexibility index (Phi) is 37.5. The van der Waals surface area contributed by atoms with E-state index in [-0.39, 0.29) is 13.0 Å². The first kappa shape index (κ1) is 51.0. The van der Waals surface area contributed by atoms with Crippen molar-refractivity contribution in [1.29, 1.82) is 0 Å². The van der Waals surface area contributed by atoms with Crippen molar-refractivity contribution in [2.24, 2.45) is 5.73 Å². The van der Waals surface area contributed by atoms with E-state index < -0.39 is 45.1 Å². The van der Waals surface area contributed by atoms with Gasteiger partial charge in [0.2, 0.25) is 0 Å². The lowest BCUT2D eigenvalue weighted by molar-refractivity contribution is -0.154. The molecule has 4 N–H and O–H groups in total. The Labute approximate surface area is 319 Å². The molecule has 3 unspecified atom stereocenters. The molecule has 0 aliphatic heterocycles. The summed E-state index contributed by atoms with van der Waals surface area (Å²) < 4.78 is 33.2. The van der Waals surface area contributed by atoms with E-state index in [9.17, 15) is 19.0 Å². The Balaban J connectivity index is 4.05. The fraction of sp³-hybridized carbons (Fsp3) is 0.951. The van der Waals surface area contributed by atoms with Crippen molar-refractivity contribution in [3.8, 4) is 0 Å². The second-order valence-corrected chi connectivity index (χ2v) is 16.3. The summed E-state index contributed by atoms with van der Waals surface area (Å²) in [6, 6.07) is -1.47. The van der Waals surface area contributed by atoms with Crippen molar-refractivity contribution in [3.05, 3.63) is 0 Å². The molecular weight excluding hydrogens is 681 g/mol. The Morgan fingerprint density at radius 1 is 0.538 bits per heavy atom. The molecule has 0 aliphatic carbocycles. The highest BCUT2D eigenvalue weighted by Gasteiger charge is 2.27. The predicted octanol–water partition coefficient (Wildman–Crippen LogP) is 11.6. The number of aliphatic carboxylic acids is 1. The number of nitrogens with two attached hydrogens (primary N) is 1. The molecule has 10 nitrogen and oxygen atoms in total. The molecular formula is C41H82NO9P. The molecule has 0 rings (SSSR count). The third kappa shape index (κ3) is 37.3. The maximum atomic E-state index is 12.5. The standard InChI is InChI=1S/C41H82NO9P/c1-3-5-7-9-11-13-14-15-16-17-18-19-20-21-22-23-24-26-28-30-32-34-48-35-38(36-49-52(46,47)50-37-39(42)41(44)45)51-40(43)33-31-29-27-25-12-10-8-6-4-2/h38-39H,3-37,42H2,1-2H3,(H,44,45)(H,46,47). The highest BCUT2D eigenvalue weighted by molar-refractivity contribution is 7.47. The second kappa shape index (κ2) is 38.3. The number of ether oxygens (including phenoxy) is 2. The summed E-state index contributed by atoms with van der Waals surface area (Å²) >= 11 is 0. The van der Waals surface area contributed by atoms with Crippen LogP contribution in [0.4, 0.5) is 0 Å². The van der Waals surface area contributed by atoms with Crippen molar-refractivity contribution in [1.82, 2.24) is 0 Å². The van der Waals surface area contributed by atoms with Gasteiger partial charge in [0.1, 0.15) is 12.1 Å². The van der Waals surface area contributed by atoms with Gasteiger partial charge in [-0.05, 0) is 12.8 Å². The first-order valence-electron chi connectivity index (χ1n) is 21.6. The van der Waals surface area contributed by atoms with Crippen molar-refractivity contribution in [3.63, 3.8) is 0 Å². The monoisotopic (exact) mass is 764 g/mol. The molecule has 0 aromatic carbocycles. The molecule has 0 heterocycles. The van der Waals surface area contributed by atoms with Crippen LogP contribution in [0.3, 0.4) is 0 Å². The van der Waals surface area contributed by atoms with E-state index in [4.69, 9.17) is 29.4 Å². The van der Waals surface area contributed by atoms with Gasteiger partial charge in [-0.3, -0.25) is 18.6 Å². The third-order valence-electron chi connectivity index (χ3n) is 9.64. The molecule has 0 saturated heterocycles. The average Bonchev–Trinajstić information content (AvgIpc) is 3.12. The van der Waals surface area contributed by atoms with Crippen LogP contribution in [0.1, 0.15) is 213 Å². The Bertz CT molecular complexity index is 847. The molecule has 310 valence electrons. The van der Waals surface area contributed by atoms with Gasteiger partial charge in [0.25, 0.3) is 0 Å². The number of phosphoric ester groups is 1. The van der Waals surface area contributed by atoms with Crippen LogP contribution in [-0.4, -0.2) is 60.5 Å². The van der Waals surface area contributed by atoms with Gasteiger partial charge in [-0.2, -0.15) is 0 Å².